The first-order valence-electron chi connectivity index (χ1n) is 5.06. The first-order valence-corrected chi connectivity index (χ1v) is 5.06. The van der Waals surface area contributed by atoms with E-state index in [0.29, 0.717) is 12.3 Å². The van der Waals surface area contributed by atoms with Crippen LogP contribution in [0.5, 0.6) is 6.08 Å². The fourth-order valence-electron chi connectivity index (χ4n) is 1.52. The average molecular weight is 197 g/mol. The molecule has 78 valence electrons. The molecule has 0 unspecified atom stereocenters. The summed E-state index contributed by atoms with van der Waals surface area (Å²) in [5.74, 6) is 0.835. The van der Waals surface area contributed by atoms with E-state index >= 15 is 0 Å². The van der Waals surface area contributed by atoms with Crippen molar-refractivity contribution in [3.63, 3.8) is 0 Å². The Hall–Kier alpha value is -1.03. The molecule has 0 radical (unpaired) electrons. The Morgan fingerprint density at radius 3 is 3.00 bits per heavy atom. The van der Waals surface area contributed by atoms with Crippen LogP contribution in [0.2, 0.25) is 0 Å². The molecule has 0 amide bonds. The standard InChI is InChI=1S/C10H15NO3/c12-6-9-7-14-10(11-9)13-5-4-8-2-1-3-8/h7-8,12H,1-6H2. The monoisotopic (exact) mass is 197 g/mol. The quantitative estimate of drug-likeness (QED) is 0.781. The van der Waals surface area contributed by atoms with Crippen molar-refractivity contribution >= 4 is 0 Å². The van der Waals surface area contributed by atoms with Crippen LogP contribution in [0.15, 0.2) is 10.7 Å². The van der Waals surface area contributed by atoms with E-state index in [1.807, 2.05) is 0 Å². The van der Waals surface area contributed by atoms with Gasteiger partial charge in [0.1, 0.15) is 12.0 Å². The van der Waals surface area contributed by atoms with Gasteiger partial charge in [-0.1, -0.05) is 19.3 Å². The molecule has 1 N–H and O–H groups in total. The Labute approximate surface area is 82.9 Å². The minimum atomic E-state index is -0.102. The number of aliphatic hydroxyl groups is 1. The maximum Gasteiger partial charge on any atom is 0.393 e. The van der Waals surface area contributed by atoms with Crippen LogP contribution in [0.1, 0.15) is 31.4 Å². The third kappa shape index (κ3) is 2.26. The lowest BCUT2D eigenvalue weighted by Gasteiger charge is -2.24. The van der Waals surface area contributed by atoms with Gasteiger partial charge in [-0.15, -0.1) is 0 Å². The van der Waals surface area contributed by atoms with Crippen LogP contribution in [0.25, 0.3) is 0 Å². The summed E-state index contributed by atoms with van der Waals surface area (Å²) in [6.07, 6.45) is 6.79. The third-order valence-electron chi connectivity index (χ3n) is 2.67. The topological polar surface area (TPSA) is 55.5 Å². The molecular formula is C10H15NO3. The number of hydrogen-bond acceptors (Lipinski definition) is 4. The second-order valence-corrected chi connectivity index (χ2v) is 3.70. The first kappa shape index (κ1) is 9.52. The highest BCUT2D eigenvalue weighted by atomic mass is 16.6. The lowest BCUT2D eigenvalue weighted by atomic mass is 9.83. The van der Waals surface area contributed by atoms with Crippen molar-refractivity contribution in [2.24, 2.45) is 5.92 Å². The molecule has 0 spiro atoms. The molecule has 1 saturated carbocycles. The van der Waals surface area contributed by atoms with E-state index in [9.17, 15) is 0 Å². The molecule has 14 heavy (non-hydrogen) atoms. The van der Waals surface area contributed by atoms with Crippen LogP contribution >= 0.6 is 0 Å². The Balaban J connectivity index is 1.68. The number of ether oxygens (including phenoxy) is 1. The maximum atomic E-state index is 8.73. The molecule has 0 bridgehead atoms. The van der Waals surface area contributed by atoms with Crippen molar-refractivity contribution in [1.29, 1.82) is 0 Å². The number of hydrogen-bond donors (Lipinski definition) is 1. The molecule has 1 aliphatic carbocycles. The summed E-state index contributed by atoms with van der Waals surface area (Å²) in [6.45, 7) is 0.561. The van der Waals surface area contributed by atoms with Gasteiger partial charge in [-0.25, -0.2) is 0 Å². The molecule has 2 rings (SSSR count). The predicted molar refractivity (Wildman–Crippen MR) is 49.9 cm³/mol. The summed E-state index contributed by atoms with van der Waals surface area (Å²) in [4.78, 5) is 3.93. The van der Waals surface area contributed by atoms with Gasteiger partial charge < -0.3 is 14.3 Å². The highest BCUT2D eigenvalue weighted by Crippen LogP contribution is 2.29. The molecule has 1 aromatic heterocycles. The second-order valence-electron chi connectivity index (χ2n) is 3.70. The molecule has 4 heteroatoms. The summed E-state index contributed by atoms with van der Waals surface area (Å²) < 4.78 is 10.3. The number of nitrogens with zero attached hydrogens (tertiary/aromatic N) is 1. The van der Waals surface area contributed by atoms with Crippen LogP contribution in [0.3, 0.4) is 0 Å². The van der Waals surface area contributed by atoms with Gasteiger partial charge in [0.15, 0.2) is 0 Å². The fourth-order valence-corrected chi connectivity index (χ4v) is 1.52. The lowest BCUT2D eigenvalue weighted by Crippen LogP contribution is -2.14. The Bertz CT molecular complexity index is 281. The van der Waals surface area contributed by atoms with E-state index in [4.69, 9.17) is 14.3 Å². The van der Waals surface area contributed by atoms with Crippen molar-refractivity contribution in [3.8, 4) is 6.08 Å². The fraction of sp³-hybridized carbons (Fsp3) is 0.700. The van der Waals surface area contributed by atoms with Crippen LogP contribution in [-0.2, 0) is 6.61 Å². The van der Waals surface area contributed by atoms with E-state index in [1.54, 1.807) is 0 Å². The zero-order chi connectivity index (χ0) is 9.80. The Morgan fingerprint density at radius 1 is 1.57 bits per heavy atom. The van der Waals surface area contributed by atoms with Gasteiger partial charge in [-0.05, 0) is 12.3 Å². The van der Waals surface area contributed by atoms with Crippen molar-refractivity contribution in [2.45, 2.75) is 32.3 Å². The number of rotatable bonds is 5. The molecule has 0 atom stereocenters. The van der Waals surface area contributed by atoms with E-state index in [0.717, 1.165) is 12.3 Å². The van der Waals surface area contributed by atoms with Crippen molar-refractivity contribution in [1.82, 2.24) is 4.98 Å². The SMILES string of the molecule is OCc1coc(OCCC2CCC2)n1. The highest BCUT2D eigenvalue weighted by Gasteiger charge is 2.17. The summed E-state index contributed by atoms with van der Waals surface area (Å²) in [6, 6.07) is 0. The number of aliphatic hydroxyl groups excluding tert-OH is 1. The summed E-state index contributed by atoms with van der Waals surface area (Å²) in [5.41, 5.74) is 0.517. The van der Waals surface area contributed by atoms with Gasteiger partial charge in [0, 0.05) is 0 Å². The lowest BCUT2D eigenvalue weighted by molar-refractivity contribution is 0.183. The molecule has 0 aliphatic heterocycles. The van der Waals surface area contributed by atoms with Gasteiger partial charge in [-0.3, -0.25) is 0 Å². The van der Waals surface area contributed by atoms with Gasteiger partial charge in [-0.2, -0.15) is 4.98 Å². The van der Waals surface area contributed by atoms with Crippen LogP contribution in [0, 0.1) is 5.92 Å². The molecule has 4 nitrogen and oxygen atoms in total. The van der Waals surface area contributed by atoms with Crippen molar-refractivity contribution < 1.29 is 14.3 Å². The van der Waals surface area contributed by atoms with Crippen LogP contribution < -0.4 is 4.74 Å². The second kappa shape index (κ2) is 4.46. The zero-order valence-corrected chi connectivity index (χ0v) is 8.11. The minimum Gasteiger partial charge on any atom is -0.450 e. The molecule has 0 saturated heterocycles. The normalized spacial score (nSPS) is 16.6. The third-order valence-corrected chi connectivity index (χ3v) is 2.67. The molecule has 1 heterocycles. The van der Waals surface area contributed by atoms with Gasteiger partial charge in [0.05, 0.1) is 13.2 Å². The molecule has 1 aromatic rings. The van der Waals surface area contributed by atoms with Crippen LogP contribution in [-0.4, -0.2) is 16.7 Å². The van der Waals surface area contributed by atoms with Crippen molar-refractivity contribution in [2.75, 3.05) is 6.61 Å². The summed E-state index contributed by atoms with van der Waals surface area (Å²) >= 11 is 0. The number of oxazole rings is 1. The van der Waals surface area contributed by atoms with E-state index < -0.39 is 0 Å². The average Bonchev–Trinajstić information content (AvgIpc) is 2.57. The summed E-state index contributed by atoms with van der Waals surface area (Å²) in [7, 11) is 0. The summed E-state index contributed by atoms with van der Waals surface area (Å²) in [5, 5.41) is 8.73. The predicted octanol–water partition coefficient (Wildman–Crippen LogP) is 1.74. The van der Waals surface area contributed by atoms with Gasteiger partial charge >= 0.3 is 6.08 Å². The Kier molecular flexibility index (Phi) is 3.03. The Morgan fingerprint density at radius 2 is 2.43 bits per heavy atom. The van der Waals surface area contributed by atoms with E-state index in [-0.39, 0.29) is 12.7 Å². The zero-order valence-electron chi connectivity index (χ0n) is 8.11. The number of aromatic nitrogens is 1. The van der Waals surface area contributed by atoms with Crippen molar-refractivity contribution in [3.05, 3.63) is 12.0 Å². The molecular weight excluding hydrogens is 182 g/mol. The van der Waals surface area contributed by atoms with E-state index in [2.05, 4.69) is 4.98 Å². The minimum absolute atomic E-state index is 0.102. The smallest absolute Gasteiger partial charge is 0.393 e. The largest absolute Gasteiger partial charge is 0.450 e. The van der Waals surface area contributed by atoms with Gasteiger partial charge in [0.25, 0.3) is 0 Å². The molecule has 0 aromatic carbocycles. The van der Waals surface area contributed by atoms with Gasteiger partial charge in [0.2, 0.25) is 0 Å². The highest BCUT2D eigenvalue weighted by molar-refractivity contribution is 4.97. The van der Waals surface area contributed by atoms with Crippen LogP contribution in [0.4, 0.5) is 0 Å². The molecule has 1 aliphatic rings. The maximum absolute atomic E-state index is 8.73. The first-order chi connectivity index (χ1) is 6.88. The molecule has 1 fully saturated rings. The van der Waals surface area contributed by atoms with E-state index in [1.165, 1.54) is 25.5 Å².